The third kappa shape index (κ3) is 5.42. The fraction of sp³-hybridized carbons (Fsp3) is 0.296. The minimum Gasteiger partial charge on any atom is -0.348 e. The van der Waals surface area contributed by atoms with E-state index in [-0.39, 0.29) is 29.1 Å². The second kappa shape index (κ2) is 9.86. The van der Waals surface area contributed by atoms with Gasteiger partial charge in [0.2, 0.25) is 0 Å². The molecule has 0 radical (unpaired) electrons. The van der Waals surface area contributed by atoms with Gasteiger partial charge in [-0.25, -0.2) is 13.4 Å². The predicted octanol–water partition coefficient (Wildman–Crippen LogP) is 5.10. The van der Waals surface area contributed by atoms with Gasteiger partial charge in [0.25, 0.3) is 5.91 Å². The highest BCUT2D eigenvalue weighted by Crippen LogP contribution is 2.39. The van der Waals surface area contributed by atoms with Crippen molar-refractivity contribution >= 4 is 26.8 Å². The number of imidazole rings is 1. The van der Waals surface area contributed by atoms with Crippen LogP contribution in [0, 0.1) is 0 Å². The molecule has 0 spiro atoms. The number of rotatable bonds is 8. The highest BCUT2D eigenvalue weighted by atomic mass is 32.2. The molecular formula is C27H25F3N4O3S. The van der Waals surface area contributed by atoms with Crippen LogP contribution in [0.25, 0.3) is 11.0 Å². The van der Waals surface area contributed by atoms with Crippen molar-refractivity contribution in [3.05, 3.63) is 89.0 Å². The van der Waals surface area contributed by atoms with Crippen molar-refractivity contribution < 1.29 is 26.4 Å². The van der Waals surface area contributed by atoms with Crippen LogP contribution in [0.1, 0.15) is 58.8 Å². The maximum absolute atomic E-state index is 12.9. The number of carbonyl (C=O) groups is 1. The van der Waals surface area contributed by atoms with Gasteiger partial charge in [-0.3, -0.25) is 9.78 Å². The minimum absolute atomic E-state index is 0.0189. The summed E-state index contributed by atoms with van der Waals surface area (Å²) < 4.78 is 64.6. The molecule has 11 heteroatoms. The largest absolute Gasteiger partial charge is 0.433 e. The number of nitrogens with zero attached hydrogens (tertiary/aromatic N) is 3. The number of hydrogen-bond donors (Lipinski definition) is 1. The maximum Gasteiger partial charge on any atom is 0.433 e. The van der Waals surface area contributed by atoms with Gasteiger partial charge in [0, 0.05) is 30.8 Å². The summed E-state index contributed by atoms with van der Waals surface area (Å²) in [6, 6.07) is 14.3. The number of amides is 1. The summed E-state index contributed by atoms with van der Waals surface area (Å²) in [5, 5.41) is 2.84. The molecule has 0 atom stereocenters. The van der Waals surface area contributed by atoms with Gasteiger partial charge >= 0.3 is 6.18 Å². The van der Waals surface area contributed by atoms with E-state index in [9.17, 15) is 26.4 Å². The van der Waals surface area contributed by atoms with Gasteiger partial charge in [-0.15, -0.1) is 0 Å². The first-order chi connectivity index (χ1) is 18.0. The fourth-order valence-corrected chi connectivity index (χ4v) is 5.18. The molecule has 1 saturated carbocycles. The molecule has 2 aromatic carbocycles. The van der Waals surface area contributed by atoms with Gasteiger partial charge in [-0.2, -0.15) is 13.2 Å². The number of alkyl halides is 3. The number of benzene rings is 2. The van der Waals surface area contributed by atoms with E-state index in [0.717, 1.165) is 30.0 Å². The van der Waals surface area contributed by atoms with Crippen molar-refractivity contribution in [1.82, 2.24) is 19.9 Å². The smallest absolute Gasteiger partial charge is 0.348 e. The van der Waals surface area contributed by atoms with E-state index >= 15 is 0 Å². The first-order valence-electron chi connectivity index (χ1n) is 12.2. The Balaban J connectivity index is 1.33. The maximum atomic E-state index is 12.9. The standard InChI is InChI=1S/C27H25F3N4O3S/c1-2-38(36,37)21-9-3-17(4-10-21)15-32-26(35)19-6-11-23-22(14-19)33-25(34(23)20-7-8-20)13-18-5-12-24(31-16-18)27(28,29)30/h3-6,9-12,14,16,20H,2,7-8,13,15H2,1H3,(H,32,35). The van der Waals surface area contributed by atoms with Gasteiger partial charge in [0.15, 0.2) is 9.84 Å². The quantitative estimate of drug-likeness (QED) is 0.334. The SMILES string of the molecule is CCS(=O)(=O)c1ccc(CNC(=O)c2ccc3c(c2)nc(Cc2ccc(C(F)(F)F)nc2)n3C2CC2)cc1. The van der Waals surface area contributed by atoms with E-state index in [4.69, 9.17) is 4.98 Å². The van der Waals surface area contributed by atoms with E-state index in [1.165, 1.54) is 24.4 Å². The van der Waals surface area contributed by atoms with Crippen molar-refractivity contribution in [3.63, 3.8) is 0 Å². The van der Waals surface area contributed by atoms with Gasteiger partial charge in [0.05, 0.1) is 21.7 Å². The second-order valence-corrected chi connectivity index (χ2v) is 11.6. The van der Waals surface area contributed by atoms with Crippen molar-refractivity contribution in [1.29, 1.82) is 0 Å². The summed E-state index contributed by atoms with van der Waals surface area (Å²) in [4.78, 5) is 21.3. The molecule has 1 fully saturated rings. The number of hydrogen-bond acceptors (Lipinski definition) is 5. The Labute approximate surface area is 217 Å². The Hall–Kier alpha value is -3.73. The van der Waals surface area contributed by atoms with E-state index in [2.05, 4.69) is 14.9 Å². The molecule has 0 bridgehead atoms. The van der Waals surface area contributed by atoms with Crippen LogP contribution in [0.3, 0.4) is 0 Å². The van der Waals surface area contributed by atoms with Crippen molar-refractivity contribution in [2.75, 3.05) is 5.75 Å². The van der Waals surface area contributed by atoms with E-state index in [0.29, 0.717) is 28.9 Å². The molecule has 1 aliphatic rings. The molecule has 1 aliphatic carbocycles. The van der Waals surface area contributed by atoms with Crippen LogP contribution >= 0.6 is 0 Å². The lowest BCUT2D eigenvalue weighted by Crippen LogP contribution is -2.22. The Bertz CT molecular complexity index is 1590. The topological polar surface area (TPSA) is 93.9 Å². The molecule has 0 aliphatic heterocycles. The number of halogens is 3. The number of sulfone groups is 1. The third-order valence-corrected chi connectivity index (χ3v) is 8.28. The second-order valence-electron chi connectivity index (χ2n) is 9.29. The molecule has 0 saturated heterocycles. The van der Waals surface area contributed by atoms with Crippen LogP contribution in [-0.4, -0.2) is 34.6 Å². The number of carbonyl (C=O) groups excluding carboxylic acids is 1. The minimum atomic E-state index is -4.49. The van der Waals surface area contributed by atoms with Crippen molar-refractivity contribution in [2.45, 2.75) is 49.8 Å². The molecule has 2 heterocycles. The number of fused-ring (bicyclic) bond motifs is 1. The third-order valence-electron chi connectivity index (χ3n) is 6.53. The molecule has 7 nitrogen and oxygen atoms in total. The number of pyridine rings is 1. The summed E-state index contributed by atoms with van der Waals surface area (Å²) in [5.74, 6) is 0.431. The van der Waals surface area contributed by atoms with Gasteiger partial charge < -0.3 is 9.88 Å². The molecular weight excluding hydrogens is 517 g/mol. The van der Waals surface area contributed by atoms with E-state index in [1.807, 2.05) is 6.07 Å². The summed E-state index contributed by atoms with van der Waals surface area (Å²) in [7, 11) is -3.29. The molecule has 1 amide bonds. The van der Waals surface area contributed by atoms with Crippen molar-refractivity contribution in [2.24, 2.45) is 0 Å². The van der Waals surface area contributed by atoms with Crippen molar-refractivity contribution in [3.8, 4) is 0 Å². The Kier molecular flexibility index (Phi) is 6.72. The van der Waals surface area contributed by atoms with Crippen LogP contribution in [0.15, 0.2) is 65.7 Å². The zero-order valence-electron chi connectivity index (χ0n) is 20.5. The van der Waals surface area contributed by atoms with Gasteiger partial charge in [-0.05, 0) is 60.4 Å². The lowest BCUT2D eigenvalue weighted by Gasteiger charge is -2.09. The number of aromatic nitrogens is 3. The predicted molar refractivity (Wildman–Crippen MR) is 135 cm³/mol. The van der Waals surface area contributed by atoms with Gasteiger partial charge in [0.1, 0.15) is 11.5 Å². The molecule has 1 N–H and O–H groups in total. The van der Waals surface area contributed by atoms with Crippen LogP contribution in [-0.2, 0) is 29.0 Å². The summed E-state index contributed by atoms with van der Waals surface area (Å²) in [5.41, 5.74) is 2.37. The molecule has 38 heavy (non-hydrogen) atoms. The molecule has 0 unspecified atom stereocenters. The summed E-state index contributed by atoms with van der Waals surface area (Å²) >= 11 is 0. The molecule has 198 valence electrons. The van der Waals surface area contributed by atoms with Crippen LogP contribution in [0.5, 0.6) is 0 Å². The molecule has 5 rings (SSSR count). The van der Waals surface area contributed by atoms with Gasteiger partial charge in [-0.1, -0.05) is 25.1 Å². The Morgan fingerprint density at radius 2 is 1.76 bits per heavy atom. The van der Waals surface area contributed by atoms with E-state index in [1.54, 1.807) is 31.2 Å². The first kappa shape index (κ1) is 25.9. The van der Waals surface area contributed by atoms with Crippen LogP contribution in [0.2, 0.25) is 0 Å². The van der Waals surface area contributed by atoms with E-state index < -0.39 is 21.7 Å². The Morgan fingerprint density at radius 1 is 1.05 bits per heavy atom. The zero-order valence-corrected chi connectivity index (χ0v) is 21.3. The average Bonchev–Trinajstić information content (AvgIpc) is 3.67. The Morgan fingerprint density at radius 3 is 2.37 bits per heavy atom. The highest BCUT2D eigenvalue weighted by Gasteiger charge is 2.32. The monoisotopic (exact) mass is 542 g/mol. The summed E-state index contributed by atoms with van der Waals surface area (Å²) in [6.07, 6.45) is -0.964. The van der Waals surface area contributed by atoms with Crippen LogP contribution in [0.4, 0.5) is 13.2 Å². The number of nitrogens with one attached hydrogen (secondary N) is 1. The molecule has 2 aromatic heterocycles. The average molecular weight is 543 g/mol. The lowest BCUT2D eigenvalue weighted by molar-refractivity contribution is -0.141. The normalized spacial score (nSPS) is 14.1. The lowest BCUT2D eigenvalue weighted by atomic mass is 10.1. The van der Waals surface area contributed by atoms with Crippen LogP contribution < -0.4 is 5.32 Å². The first-order valence-corrected chi connectivity index (χ1v) is 13.8. The summed E-state index contributed by atoms with van der Waals surface area (Å²) in [6.45, 7) is 1.81. The fourth-order valence-electron chi connectivity index (χ4n) is 4.30. The molecule has 4 aromatic rings. The zero-order chi connectivity index (χ0) is 27.1. The highest BCUT2D eigenvalue weighted by molar-refractivity contribution is 7.91.